The van der Waals surface area contributed by atoms with Crippen molar-refractivity contribution in [1.29, 1.82) is 0 Å². The first-order valence-electron chi connectivity index (χ1n) is 8.76. The average molecular weight is 392 g/mol. The van der Waals surface area contributed by atoms with E-state index < -0.39 is 0 Å². The second kappa shape index (κ2) is 7.37. The van der Waals surface area contributed by atoms with Crippen LogP contribution in [-0.4, -0.2) is 22.7 Å². The quantitative estimate of drug-likeness (QED) is 0.448. The highest BCUT2D eigenvalue weighted by molar-refractivity contribution is 6.30. The topological polar surface area (TPSA) is 56.1 Å². The van der Waals surface area contributed by atoms with Gasteiger partial charge in [0.2, 0.25) is 0 Å². The summed E-state index contributed by atoms with van der Waals surface area (Å²) in [4.78, 5) is 11.8. The van der Waals surface area contributed by atoms with E-state index >= 15 is 0 Å². The van der Waals surface area contributed by atoms with Crippen molar-refractivity contribution in [1.82, 2.24) is 9.78 Å². The second-order valence-corrected chi connectivity index (χ2v) is 6.82. The lowest BCUT2D eigenvalue weighted by atomic mass is 10.1. The molecule has 1 N–H and O–H groups in total. The van der Waals surface area contributed by atoms with Gasteiger partial charge in [-0.3, -0.25) is 4.79 Å². The van der Waals surface area contributed by atoms with Crippen molar-refractivity contribution >= 4 is 39.8 Å². The summed E-state index contributed by atoms with van der Waals surface area (Å²) >= 11 is 6.11. The Balaban J connectivity index is 1.88. The number of hydrogen-bond donors (Lipinski definition) is 1. The first kappa shape index (κ1) is 18.1. The summed E-state index contributed by atoms with van der Waals surface area (Å²) in [5.41, 5.74) is 3.17. The molecule has 28 heavy (non-hydrogen) atoms. The number of rotatable bonds is 5. The maximum Gasteiger partial charge on any atom is 0.160 e. The molecule has 4 rings (SSSR count). The molecule has 0 aliphatic carbocycles. The number of carbonyl (C=O) groups is 1. The van der Waals surface area contributed by atoms with Crippen molar-refractivity contribution in [2.45, 2.75) is 6.92 Å². The van der Waals surface area contributed by atoms with Crippen molar-refractivity contribution in [3.05, 3.63) is 77.3 Å². The van der Waals surface area contributed by atoms with Crippen LogP contribution in [0.2, 0.25) is 5.02 Å². The molecule has 5 nitrogen and oxygen atoms in total. The molecule has 0 aliphatic heterocycles. The van der Waals surface area contributed by atoms with Crippen LogP contribution in [0.25, 0.3) is 16.6 Å². The Kier molecular flexibility index (Phi) is 4.75. The summed E-state index contributed by atoms with van der Waals surface area (Å²) < 4.78 is 7.20. The van der Waals surface area contributed by atoms with E-state index in [4.69, 9.17) is 21.4 Å². The summed E-state index contributed by atoms with van der Waals surface area (Å²) in [6.45, 7) is 1.55. The normalized spacial score (nSPS) is 10.8. The molecule has 0 saturated heterocycles. The number of ketones is 1. The van der Waals surface area contributed by atoms with Gasteiger partial charge >= 0.3 is 0 Å². The molecule has 0 aliphatic rings. The molecule has 0 fully saturated rings. The standard InChI is InChI=1S/C22H18ClN3O2/c1-14(27)15-5-3-8-18(11-15)26-21-10-9-19(28-2)13-20(21)22(25-26)24-17-7-4-6-16(23)12-17/h3-13H,1-2H3,(H,24,25). The van der Waals surface area contributed by atoms with Crippen LogP contribution in [0, 0.1) is 0 Å². The summed E-state index contributed by atoms with van der Waals surface area (Å²) in [5.74, 6) is 1.42. The van der Waals surface area contributed by atoms with Gasteiger partial charge in [0.15, 0.2) is 11.6 Å². The molecule has 0 atom stereocenters. The van der Waals surface area contributed by atoms with Crippen LogP contribution in [0.4, 0.5) is 11.5 Å². The SMILES string of the molecule is COc1ccc2c(c1)c(Nc1cccc(Cl)c1)nn2-c1cccc(C(C)=O)c1. The Labute approximate surface area is 167 Å². The Morgan fingerprint density at radius 3 is 2.64 bits per heavy atom. The molecule has 0 amide bonds. The minimum absolute atomic E-state index is 0.0113. The molecule has 0 bridgehead atoms. The van der Waals surface area contributed by atoms with E-state index in [2.05, 4.69) is 5.32 Å². The van der Waals surface area contributed by atoms with Crippen molar-refractivity contribution in [2.24, 2.45) is 0 Å². The lowest BCUT2D eigenvalue weighted by Gasteiger charge is -2.05. The molecule has 1 heterocycles. The van der Waals surface area contributed by atoms with Gasteiger partial charge in [0.25, 0.3) is 0 Å². The molecule has 140 valence electrons. The van der Waals surface area contributed by atoms with E-state index in [9.17, 15) is 4.79 Å². The van der Waals surface area contributed by atoms with Crippen LogP contribution in [-0.2, 0) is 0 Å². The summed E-state index contributed by atoms with van der Waals surface area (Å²) in [5, 5.41) is 9.62. The van der Waals surface area contributed by atoms with E-state index in [0.29, 0.717) is 16.4 Å². The lowest BCUT2D eigenvalue weighted by molar-refractivity contribution is 0.101. The average Bonchev–Trinajstić information content (AvgIpc) is 3.05. The molecule has 6 heteroatoms. The summed E-state index contributed by atoms with van der Waals surface area (Å²) in [6, 6.07) is 20.6. The Bertz CT molecular complexity index is 1180. The van der Waals surface area contributed by atoms with E-state index in [1.54, 1.807) is 20.1 Å². The first-order valence-corrected chi connectivity index (χ1v) is 9.14. The molecule has 0 radical (unpaired) electrons. The number of anilines is 2. The van der Waals surface area contributed by atoms with E-state index in [1.165, 1.54) is 0 Å². The van der Waals surface area contributed by atoms with Crippen LogP contribution in [0.5, 0.6) is 5.75 Å². The Morgan fingerprint density at radius 2 is 1.89 bits per heavy atom. The highest BCUT2D eigenvalue weighted by Crippen LogP contribution is 2.31. The first-order chi connectivity index (χ1) is 13.5. The monoisotopic (exact) mass is 391 g/mol. The number of Topliss-reactive ketones (excluding diaryl/α,β-unsaturated/α-hetero) is 1. The van der Waals surface area contributed by atoms with Gasteiger partial charge in [-0.15, -0.1) is 5.10 Å². The molecular formula is C22H18ClN3O2. The maximum absolute atomic E-state index is 11.8. The number of fused-ring (bicyclic) bond motifs is 1. The van der Waals surface area contributed by atoms with Crippen molar-refractivity contribution in [2.75, 3.05) is 12.4 Å². The molecule has 3 aromatic carbocycles. The van der Waals surface area contributed by atoms with Gasteiger partial charge in [0, 0.05) is 21.7 Å². The Morgan fingerprint density at radius 1 is 1.07 bits per heavy atom. The third kappa shape index (κ3) is 3.44. The number of ether oxygens (including phenoxy) is 1. The number of carbonyl (C=O) groups excluding carboxylic acids is 1. The van der Waals surface area contributed by atoms with Gasteiger partial charge in [-0.2, -0.15) is 0 Å². The van der Waals surface area contributed by atoms with Gasteiger partial charge in [0.1, 0.15) is 5.75 Å². The molecule has 0 spiro atoms. The fraction of sp³-hybridized carbons (Fsp3) is 0.0909. The third-order valence-corrected chi connectivity index (χ3v) is 4.71. The number of hydrogen-bond acceptors (Lipinski definition) is 4. The molecule has 0 unspecified atom stereocenters. The number of methoxy groups -OCH3 is 1. The van der Waals surface area contributed by atoms with Crippen LogP contribution in [0.15, 0.2) is 66.7 Å². The second-order valence-electron chi connectivity index (χ2n) is 6.39. The van der Waals surface area contributed by atoms with Crippen LogP contribution in [0.3, 0.4) is 0 Å². The third-order valence-electron chi connectivity index (χ3n) is 4.47. The maximum atomic E-state index is 11.8. The zero-order valence-electron chi connectivity index (χ0n) is 15.4. The van der Waals surface area contributed by atoms with Crippen LogP contribution < -0.4 is 10.1 Å². The van der Waals surface area contributed by atoms with E-state index in [-0.39, 0.29) is 5.78 Å². The van der Waals surface area contributed by atoms with Crippen LogP contribution in [0.1, 0.15) is 17.3 Å². The smallest absolute Gasteiger partial charge is 0.160 e. The summed E-state index contributed by atoms with van der Waals surface area (Å²) in [7, 11) is 1.63. The molecular weight excluding hydrogens is 374 g/mol. The predicted octanol–water partition coefficient (Wildman–Crippen LogP) is 5.63. The molecule has 1 aromatic heterocycles. The van der Waals surface area contributed by atoms with E-state index in [1.807, 2.05) is 65.3 Å². The van der Waals surface area contributed by atoms with Gasteiger partial charge in [-0.05, 0) is 55.5 Å². The Hall–Kier alpha value is -3.31. The predicted molar refractivity (Wildman–Crippen MR) is 112 cm³/mol. The number of benzene rings is 3. The minimum Gasteiger partial charge on any atom is -0.497 e. The minimum atomic E-state index is 0.0113. The highest BCUT2D eigenvalue weighted by Gasteiger charge is 2.14. The van der Waals surface area contributed by atoms with Gasteiger partial charge in [-0.25, -0.2) is 4.68 Å². The van der Waals surface area contributed by atoms with Gasteiger partial charge in [0.05, 0.1) is 18.3 Å². The van der Waals surface area contributed by atoms with E-state index in [0.717, 1.165) is 28.0 Å². The number of halogens is 1. The number of nitrogens with one attached hydrogen (secondary N) is 1. The fourth-order valence-corrected chi connectivity index (χ4v) is 3.26. The largest absolute Gasteiger partial charge is 0.497 e. The van der Waals surface area contributed by atoms with Crippen molar-refractivity contribution < 1.29 is 9.53 Å². The fourth-order valence-electron chi connectivity index (χ4n) is 3.07. The summed E-state index contributed by atoms with van der Waals surface area (Å²) in [6.07, 6.45) is 0. The molecule has 4 aromatic rings. The molecule has 0 saturated carbocycles. The zero-order chi connectivity index (χ0) is 19.7. The highest BCUT2D eigenvalue weighted by atomic mass is 35.5. The zero-order valence-corrected chi connectivity index (χ0v) is 16.2. The van der Waals surface area contributed by atoms with Gasteiger partial charge < -0.3 is 10.1 Å². The number of aromatic nitrogens is 2. The number of nitrogens with zero attached hydrogens (tertiary/aromatic N) is 2. The van der Waals surface area contributed by atoms with Crippen molar-refractivity contribution in [3.8, 4) is 11.4 Å². The van der Waals surface area contributed by atoms with Crippen LogP contribution >= 0.6 is 11.6 Å². The van der Waals surface area contributed by atoms with Gasteiger partial charge in [-0.1, -0.05) is 29.8 Å². The lowest BCUT2D eigenvalue weighted by Crippen LogP contribution is -2.00. The van der Waals surface area contributed by atoms with Crippen molar-refractivity contribution in [3.63, 3.8) is 0 Å².